The van der Waals surface area contributed by atoms with E-state index in [-0.39, 0.29) is 8.68 Å². The number of fused-ring (bicyclic) bond motifs is 1. The second-order valence-electron chi connectivity index (χ2n) is 4.03. The van der Waals surface area contributed by atoms with Crippen molar-refractivity contribution in [2.45, 2.75) is 4.21 Å². The highest BCUT2D eigenvalue weighted by atomic mass is 35.5. The third-order valence-electron chi connectivity index (χ3n) is 2.69. The number of hydrogen-bond acceptors (Lipinski definition) is 5. The van der Waals surface area contributed by atoms with Crippen LogP contribution in [0.5, 0.6) is 0 Å². The minimum Gasteiger partial charge on any atom is -0.278 e. The van der Waals surface area contributed by atoms with Gasteiger partial charge in [-0.05, 0) is 24.3 Å². The van der Waals surface area contributed by atoms with E-state index in [9.17, 15) is 8.42 Å². The zero-order chi connectivity index (χ0) is 15.0. The average Bonchev–Trinajstić information content (AvgIpc) is 2.90. The summed E-state index contributed by atoms with van der Waals surface area (Å²) in [5.41, 5.74) is 0.925. The molecule has 0 saturated carbocycles. The van der Waals surface area contributed by atoms with Crippen LogP contribution in [-0.4, -0.2) is 18.4 Å². The van der Waals surface area contributed by atoms with Crippen LogP contribution in [-0.2, 0) is 10.0 Å². The maximum atomic E-state index is 12.3. The van der Waals surface area contributed by atoms with Crippen molar-refractivity contribution in [2.24, 2.45) is 0 Å². The van der Waals surface area contributed by atoms with Gasteiger partial charge in [-0.2, -0.15) is 0 Å². The van der Waals surface area contributed by atoms with Gasteiger partial charge in [0, 0.05) is 11.6 Å². The minimum atomic E-state index is -3.75. The summed E-state index contributed by atoms with van der Waals surface area (Å²) < 4.78 is 27.3. The lowest BCUT2D eigenvalue weighted by Crippen LogP contribution is -2.11. The molecule has 108 valence electrons. The van der Waals surface area contributed by atoms with E-state index in [1.807, 2.05) is 0 Å². The topological polar surface area (TPSA) is 72.0 Å². The second-order valence-corrected chi connectivity index (χ2v) is 7.96. The molecule has 2 heterocycles. The van der Waals surface area contributed by atoms with Gasteiger partial charge >= 0.3 is 0 Å². The molecule has 0 radical (unpaired) electrons. The quantitative estimate of drug-likeness (QED) is 0.771. The van der Waals surface area contributed by atoms with Gasteiger partial charge in [-0.3, -0.25) is 9.71 Å². The monoisotopic (exact) mass is 359 g/mol. The van der Waals surface area contributed by atoms with Crippen LogP contribution in [0.3, 0.4) is 0 Å². The maximum Gasteiger partial charge on any atom is 0.273 e. The first kappa shape index (κ1) is 14.5. The Morgan fingerprint density at radius 1 is 1.14 bits per heavy atom. The van der Waals surface area contributed by atoms with E-state index < -0.39 is 10.0 Å². The Kier molecular flexibility index (Phi) is 3.75. The van der Waals surface area contributed by atoms with Crippen molar-refractivity contribution in [1.29, 1.82) is 0 Å². The number of hydrogen-bond donors (Lipinski definition) is 1. The first-order chi connectivity index (χ1) is 9.97. The SMILES string of the molecule is O=S(=O)(Nc1ccc(Cl)c2ncccc12)c1cnc(Cl)s1. The summed E-state index contributed by atoms with van der Waals surface area (Å²) in [6.07, 6.45) is 2.81. The van der Waals surface area contributed by atoms with Gasteiger partial charge in [-0.25, -0.2) is 13.4 Å². The first-order valence-corrected chi connectivity index (χ1v) is 8.70. The number of anilines is 1. The molecule has 0 aliphatic heterocycles. The Bertz CT molecular complexity index is 925. The molecule has 0 saturated heterocycles. The number of pyridine rings is 1. The van der Waals surface area contributed by atoms with Gasteiger partial charge in [0.25, 0.3) is 10.0 Å². The standard InChI is InChI=1S/C12H7Cl2N3O2S2/c13-8-3-4-9(7-2-1-5-15-11(7)8)17-21(18,19)10-6-16-12(14)20-10/h1-6,17H. The molecule has 0 fully saturated rings. The Morgan fingerprint density at radius 3 is 2.67 bits per heavy atom. The third-order valence-corrected chi connectivity index (χ3v) is 5.93. The van der Waals surface area contributed by atoms with Gasteiger partial charge < -0.3 is 0 Å². The normalized spacial score (nSPS) is 11.7. The molecule has 0 spiro atoms. The lowest BCUT2D eigenvalue weighted by molar-refractivity contribution is 0.603. The molecule has 21 heavy (non-hydrogen) atoms. The lowest BCUT2D eigenvalue weighted by atomic mass is 10.2. The Balaban J connectivity index is 2.08. The van der Waals surface area contributed by atoms with Crippen molar-refractivity contribution >= 4 is 61.2 Å². The fourth-order valence-corrected chi connectivity index (χ4v) is 4.37. The summed E-state index contributed by atoms with van der Waals surface area (Å²) in [5, 5.41) is 1.07. The summed E-state index contributed by atoms with van der Waals surface area (Å²) in [6, 6.07) is 6.63. The zero-order valence-electron chi connectivity index (χ0n) is 10.2. The van der Waals surface area contributed by atoms with E-state index in [2.05, 4.69) is 14.7 Å². The Hall–Kier alpha value is -1.41. The predicted octanol–water partition coefficient (Wildman–Crippen LogP) is 3.80. The van der Waals surface area contributed by atoms with Crippen LogP contribution in [0.15, 0.2) is 40.9 Å². The summed E-state index contributed by atoms with van der Waals surface area (Å²) in [4.78, 5) is 7.88. The van der Waals surface area contributed by atoms with Gasteiger partial charge in [0.05, 0.1) is 22.4 Å². The molecule has 1 aromatic carbocycles. The first-order valence-electron chi connectivity index (χ1n) is 5.65. The molecule has 2 aromatic heterocycles. The lowest BCUT2D eigenvalue weighted by Gasteiger charge is -2.09. The molecule has 0 unspecified atom stereocenters. The van der Waals surface area contributed by atoms with E-state index in [1.54, 1.807) is 30.5 Å². The highest BCUT2D eigenvalue weighted by molar-refractivity contribution is 7.94. The number of nitrogens with zero attached hydrogens (tertiary/aromatic N) is 2. The van der Waals surface area contributed by atoms with Crippen molar-refractivity contribution in [3.05, 3.63) is 46.1 Å². The van der Waals surface area contributed by atoms with E-state index in [4.69, 9.17) is 23.2 Å². The highest BCUT2D eigenvalue weighted by Gasteiger charge is 2.19. The van der Waals surface area contributed by atoms with Crippen molar-refractivity contribution < 1.29 is 8.42 Å². The van der Waals surface area contributed by atoms with Crippen molar-refractivity contribution in [3.63, 3.8) is 0 Å². The number of halogens is 2. The predicted molar refractivity (Wildman–Crippen MR) is 84.7 cm³/mol. The molecular formula is C12H7Cl2N3O2S2. The molecule has 0 aliphatic rings. The maximum absolute atomic E-state index is 12.3. The molecule has 0 bridgehead atoms. The fourth-order valence-electron chi connectivity index (χ4n) is 1.79. The number of benzene rings is 1. The molecule has 0 amide bonds. The smallest absolute Gasteiger partial charge is 0.273 e. The number of nitrogens with one attached hydrogen (secondary N) is 1. The van der Waals surface area contributed by atoms with E-state index in [0.29, 0.717) is 21.6 Å². The number of aromatic nitrogens is 2. The molecule has 0 aliphatic carbocycles. The van der Waals surface area contributed by atoms with Crippen molar-refractivity contribution in [3.8, 4) is 0 Å². The van der Waals surface area contributed by atoms with Crippen LogP contribution in [0.4, 0.5) is 5.69 Å². The zero-order valence-corrected chi connectivity index (χ0v) is 13.4. The van der Waals surface area contributed by atoms with E-state index in [1.165, 1.54) is 6.20 Å². The molecular weight excluding hydrogens is 353 g/mol. The van der Waals surface area contributed by atoms with Crippen LogP contribution < -0.4 is 4.72 Å². The molecule has 0 atom stereocenters. The minimum absolute atomic E-state index is 0.0412. The highest BCUT2D eigenvalue weighted by Crippen LogP contribution is 2.31. The summed E-state index contributed by atoms with van der Waals surface area (Å²) in [6.45, 7) is 0. The van der Waals surface area contributed by atoms with Crippen LogP contribution in [0.2, 0.25) is 9.49 Å². The second kappa shape index (κ2) is 5.42. The Labute approximate surface area is 134 Å². The summed E-state index contributed by atoms with van der Waals surface area (Å²) in [5.74, 6) is 0. The van der Waals surface area contributed by atoms with Crippen LogP contribution in [0, 0.1) is 0 Å². The fraction of sp³-hybridized carbons (Fsp3) is 0. The van der Waals surface area contributed by atoms with E-state index in [0.717, 1.165) is 11.3 Å². The third kappa shape index (κ3) is 2.82. The van der Waals surface area contributed by atoms with Gasteiger partial charge in [-0.1, -0.05) is 34.5 Å². The van der Waals surface area contributed by atoms with Crippen molar-refractivity contribution in [2.75, 3.05) is 4.72 Å². The van der Waals surface area contributed by atoms with Crippen LogP contribution >= 0.6 is 34.5 Å². The number of thiazole rings is 1. The molecule has 5 nitrogen and oxygen atoms in total. The molecule has 1 N–H and O–H groups in total. The van der Waals surface area contributed by atoms with Crippen LogP contribution in [0.1, 0.15) is 0 Å². The van der Waals surface area contributed by atoms with Crippen LogP contribution in [0.25, 0.3) is 10.9 Å². The van der Waals surface area contributed by atoms with Crippen molar-refractivity contribution in [1.82, 2.24) is 9.97 Å². The number of sulfonamides is 1. The van der Waals surface area contributed by atoms with Gasteiger partial charge in [0.15, 0.2) is 8.68 Å². The molecule has 3 rings (SSSR count). The van der Waals surface area contributed by atoms with Gasteiger partial charge in [-0.15, -0.1) is 0 Å². The Morgan fingerprint density at radius 2 is 1.95 bits per heavy atom. The largest absolute Gasteiger partial charge is 0.278 e. The molecule has 3 aromatic rings. The van der Waals surface area contributed by atoms with Gasteiger partial charge in [0.1, 0.15) is 0 Å². The number of rotatable bonds is 3. The molecule has 9 heteroatoms. The van der Waals surface area contributed by atoms with Gasteiger partial charge in [0.2, 0.25) is 0 Å². The summed E-state index contributed by atoms with van der Waals surface area (Å²) >= 11 is 12.6. The average molecular weight is 360 g/mol. The summed E-state index contributed by atoms with van der Waals surface area (Å²) in [7, 11) is -3.75. The van der Waals surface area contributed by atoms with E-state index >= 15 is 0 Å².